The van der Waals surface area contributed by atoms with Gasteiger partial charge in [-0.15, -0.1) is 0 Å². The molecule has 0 bridgehead atoms. The van der Waals surface area contributed by atoms with Crippen molar-refractivity contribution in [2.24, 2.45) is 5.73 Å². The lowest BCUT2D eigenvalue weighted by Crippen LogP contribution is -2.40. The molecule has 2 aromatic rings. The molecule has 0 saturated heterocycles. The number of hydrogen-bond acceptors (Lipinski definition) is 4. The average Bonchev–Trinajstić information content (AvgIpc) is 2.58. The van der Waals surface area contributed by atoms with Crippen LogP contribution < -0.4 is 15.8 Å². The minimum atomic E-state index is -0.807. The van der Waals surface area contributed by atoms with E-state index in [1.807, 2.05) is 42.5 Å². The lowest BCUT2D eigenvalue weighted by atomic mass is 10.1. The molecule has 1 amide bonds. The van der Waals surface area contributed by atoms with Crippen LogP contribution in [0.1, 0.15) is 24.2 Å². The van der Waals surface area contributed by atoms with Gasteiger partial charge in [0.05, 0.1) is 12.1 Å². The fourth-order valence-corrected chi connectivity index (χ4v) is 2.03. The Kier molecular flexibility index (Phi) is 6.14. The Morgan fingerprint density at radius 2 is 1.96 bits per heavy atom. The van der Waals surface area contributed by atoms with Gasteiger partial charge in [0.15, 0.2) is 0 Å². The van der Waals surface area contributed by atoms with Crippen LogP contribution in [0.2, 0.25) is 0 Å². The maximum absolute atomic E-state index is 11.4. The van der Waals surface area contributed by atoms with E-state index in [0.717, 1.165) is 5.56 Å². The second-order valence-electron chi connectivity index (χ2n) is 5.40. The molecule has 0 aliphatic heterocycles. The van der Waals surface area contributed by atoms with Gasteiger partial charge in [-0.3, -0.25) is 4.79 Å². The zero-order chi connectivity index (χ0) is 16.7. The Hall–Kier alpha value is -2.37. The Balaban J connectivity index is 1.92. The number of amides is 1. The third-order valence-electron chi connectivity index (χ3n) is 3.37. The minimum absolute atomic E-state index is 0.114. The largest absolute Gasteiger partial charge is 0.489 e. The van der Waals surface area contributed by atoms with E-state index in [-0.39, 0.29) is 12.5 Å². The number of carbonyl (C=O) groups excluding carboxylic acids is 1. The van der Waals surface area contributed by atoms with E-state index in [1.54, 1.807) is 19.1 Å². The molecule has 1 unspecified atom stereocenters. The van der Waals surface area contributed by atoms with Crippen molar-refractivity contribution in [1.29, 1.82) is 0 Å². The van der Waals surface area contributed by atoms with Crippen LogP contribution in [-0.2, 0) is 11.4 Å². The molecule has 122 valence electrons. The Bertz CT molecular complexity index is 629. The van der Waals surface area contributed by atoms with Gasteiger partial charge in [-0.2, -0.15) is 0 Å². The molecule has 0 aromatic heterocycles. The second kappa shape index (κ2) is 8.31. The first kappa shape index (κ1) is 17.0. The van der Waals surface area contributed by atoms with Crippen molar-refractivity contribution >= 4 is 5.91 Å². The number of nitrogens with two attached hydrogens (primary N) is 1. The van der Waals surface area contributed by atoms with Crippen molar-refractivity contribution < 1.29 is 14.6 Å². The summed E-state index contributed by atoms with van der Waals surface area (Å²) in [6.45, 7) is 2.17. The van der Waals surface area contributed by atoms with Crippen molar-refractivity contribution in [3.05, 3.63) is 65.7 Å². The summed E-state index contributed by atoms with van der Waals surface area (Å²) in [5.74, 6) is 0.379. The standard InChI is InChI=1S/C18H22N2O3/c1-13(19)18(22)20-11-17(21)15-8-5-9-16(10-15)23-12-14-6-3-2-4-7-14/h2-10,13,17,21H,11-12,19H2,1H3,(H,20,22)/t13-,17?/m1/s1. The van der Waals surface area contributed by atoms with E-state index < -0.39 is 12.1 Å². The molecule has 0 radical (unpaired) electrons. The van der Waals surface area contributed by atoms with Gasteiger partial charge in [-0.05, 0) is 30.2 Å². The number of aliphatic hydroxyl groups excluding tert-OH is 1. The zero-order valence-electron chi connectivity index (χ0n) is 13.1. The second-order valence-corrected chi connectivity index (χ2v) is 5.40. The van der Waals surface area contributed by atoms with Crippen LogP contribution in [0.3, 0.4) is 0 Å². The van der Waals surface area contributed by atoms with Gasteiger partial charge in [0, 0.05) is 6.54 Å². The Labute approximate surface area is 136 Å². The monoisotopic (exact) mass is 314 g/mol. The first-order valence-corrected chi connectivity index (χ1v) is 7.54. The molecule has 2 rings (SSSR count). The van der Waals surface area contributed by atoms with Crippen LogP contribution in [0.5, 0.6) is 5.75 Å². The molecule has 5 nitrogen and oxygen atoms in total. The highest BCUT2D eigenvalue weighted by atomic mass is 16.5. The first-order chi connectivity index (χ1) is 11.1. The number of nitrogens with one attached hydrogen (secondary N) is 1. The molecule has 2 atom stereocenters. The highest BCUT2D eigenvalue weighted by Gasteiger charge is 2.12. The lowest BCUT2D eigenvalue weighted by molar-refractivity contribution is -0.122. The maximum Gasteiger partial charge on any atom is 0.236 e. The van der Waals surface area contributed by atoms with E-state index >= 15 is 0 Å². The van der Waals surface area contributed by atoms with Crippen molar-refractivity contribution in [1.82, 2.24) is 5.32 Å². The van der Waals surface area contributed by atoms with E-state index in [2.05, 4.69) is 5.32 Å². The molecule has 4 N–H and O–H groups in total. The highest BCUT2D eigenvalue weighted by Crippen LogP contribution is 2.20. The lowest BCUT2D eigenvalue weighted by Gasteiger charge is -2.15. The van der Waals surface area contributed by atoms with Gasteiger partial charge in [-0.1, -0.05) is 42.5 Å². The summed E-state index contributed by atoms with van der Waals surface area (Å²) < 4.78 is 5.73. The average molecular weight is 314 g/mol. The number of aliphatic hydroxyl groups is 1. The van der Waals surface area contributed by atoms with E-state index in [4.69, 9.17) is 10.5 Å². The third-order valence-corrected chi connectivity index (χ3v) is 3.37. The molecular formula is C18H22N2O3. The summed E-state index contributed by atoms with van der Waals surface area (Å²) in [7, 11) is 0. The molecule has 5 heteroatoms. The van der Waals surface area contributed by atoms with Crippen molar-refractivity contribution in [3.63, 3.8) is 0 Å². The van der Waals surface area contributed by atoms with Crippen LogP contribution in [0.15, 0.2) is 54.6 Å². The minimum Gasteiger partial charge on any atom is -0.489 e. The Morgan fingerprint density at radius 3 is 2.65 bits per heavy atom. The zero-order valence-corrected chi connectivity index (χ0v) is 13.1. The van der Waals surface area contributed by atoms with Crippen LogP contribution in [0.4, 0.5) is 0 Å². The summed E-state index contributed by atoms with van der Waals surface area (Å²) in [4.78, 5) is 11.4. The fourth-order valence-electron chi connectivity index (χ4n) is 2.03. The van der Waals surface area contributed by atoms with Gasteiger partial charge < -0.3 is 20.9 Å². The van der Waals surface area contributed by atoms with Crippen LogP contribution in [0, 0.1) is 0 Å². The van der Waals surface area contributed by atoms with Gasteiger partial charge in [-0.25, -0.2) is 0 Å². The summed E-state index contributed by atoms with van der Waals surface area (Å²) in [5.41, 5.74) is 7.22. The van der Waals surface area contributed by atoms with Crippen LogP contribution in [0.25, 0.3) is 0 Å². The molecule has 2 aromatic carbocycles. The molecule has 0 spiro atoms. The van der Waals surface area contributed by atoms with Crippen LogP contribution >= 0.6 is 0 Å². The highest BCUT2D eigenvalue weighted by molar-refractivity contribution is 5.80. The van der Waals surface area contributed by atoms with Crippen molar-refractivity contribution in [3.8, 4) is 5.75 Å². The van der Waals surface area contributed by atoms with E-state index in [0.29, 0.717) is 17.9 Å². The Morgan fingerprint density at radius 1 is 1.22 bits per heavy atom. The van der Waals surface area contributed by atoms with Crippen molar-refractivity contribution in [2.45, 2.75) is 25.7 Å². The summed E-state index contributed by atoms with van der Waals surface area (Å²) in [5, 5.41) is 12.8. The van der Waals surface area contributed by atoms with E-state index in [1.165, 1.54) is 0 Å². The molecule has 0 fully saturated rings. The van der Waals surface area contributed by atoms with Crippen molar-refractivity contribution in [2.75, 3.05) is 6.54 Å². The number of benzene rings is 2. The molecule has 0 heterocycles. The number of carbonyl (C=O) groups is 1. The van der Waals surface area contributed by atoms with E-state index in [9.17, 15) is 9.90 Å². The summed E-state index contributed by atoms with van der Waals surface area (Å²) in [6.07, 6.45) is -0.807. The molecule has 0 aliphatic carbocycles. The molecular weight excluding hydrogens is 292 g/mol. The van der Waals surface area contributed by atoms with Crippen LogP contribution in [-0.4, -0.2) is 23.6 Å². The van der Waals surface area contributed by atoms with Gasteiger partial charge in [0.2, 0.25) is 5.91 Å². The van der Waals surface area contributed by atoms with Gasteiger partial charge >= 0.3 is 0 Å². The molecule has 0 saturated carbocycles. The predicted octanol–water partition coefficient (Wildman–Crippen LogP) is 1.76. The summed E-state index contributed by atoms with van der Waals surface area (Å²) in [6, 6.07) is 16.5. The fraction of sp³-hybridized carbons (Fsp3) is 0.278. The molecule has 23 heavy (non-hydrogen) atoms. The third kappa shape index (κ3) is 5.39. The molecule has 0 aliphatic rings. The van der Waals surface area contributed by atoms with Gasteiger partial charge in [0.25, 0.3) is 0 Å². The topological polar surface area (TPSA) is 84.6 Å². The van der Waals surface area contributed by atoms with Gasteiger partial charge in [0.1, 0.15) is 12.4 Å². The quantitative estimate of drug-likeness (QED) is 0.727. The SMILES string of the molecule is C[C@@H](N)C(=O)NCC(O)c1cccc(OCc2ccccc2)c1. The first-order valence-electron chi connectivity index (χ1n) is 7.54. The number of rotatable bonds is 7. The summed E-state index contributed by atoms with van der Waals surface area (Å²) >= 11 is 0. The normalized spacial score (nSPS) is 13.2. The maximum atomic E-state index is 11.4. The predicted molar refractivity (Wildman–Crippen MR) is 88.8 cm³/mol. The number of hydrogen-bond donors (Lipinski definition) is 3. The number of ether oxygens (including phenoxy) is 1. The smallest absolute Gasteiger partial charge is 0.236 e.